The molecule has 0 bridgehead atoms. The average molecular weight is 405 g/mol. The van der Waals surface area contributed by atoms with E-state index in [2.05, 4.69) is 20.3 Å². The van der Waals surface area contributed by atoms with Crippen molar-refractivity contribution in [1.29, 1.82) is 0 Å². The Bertz CT molecular complexity index is 1090. The predicted molar refractivity (Wildman–Crippen MR) is 101 cm³/mol. The minimum atomic E-state index is -4.48. The molecule has 0 fully saturated rings. The molecule has 3 heterocycles. The fraction of sp³-hybridized carbons (Fsp3) is 0.316. The Morgan fingerprint density at radius 3 is 2.59 bits per heavy atom. The molecule has 152 valence electrons. The zero-order valence-corrected chi connectivity index (χ0v) is 15.7. The number of fused-ring (bicyclic) bond motifs is 2. The van der Waals surface area contributed by atoms with Crippen LogP contribution in [0.25, 0.3) is 11.0 Å². The SMILES string of the molecule is Cc1nc(N[C@H](C)c2cc(N)cc(C(F)(F)F)c2)c2cc3c(nc2n1)OCCO3. The number of halogens is 3. The summed E-state index contributed by atoms with van der Waals surface area (Å²) in [5, 5.41) is 3.72. The van der Waals surface area contributed by atoms with Crippen LogP contribution >= 0.6 is 0 Å². The van der Waals surface area contributed by atoms with Crippen molar-refractivity contribution in [2.24, 2.45) is 0 Å². The molecule has 3 N–H and O–H groups in total. The Morgan fingerprint density at radius 1 is 1.07 bits per heavy atom. The second kappa shape index (κ2) is 6.94. The average Bonchev–Trinajstić information content (AvgIpc) is 2.65. The highest BCUT2D eigenvalue weighted by Gasteiger charge is 2.31. The van der Waals surface area contributed by atoms with Gasteiger partial charge in [-0.25, -0.2) is 9.97 Å². The van der Waals surface area contributed by atoms with Crippen molar-refractivity contribution >= 4 is 22.5 Å². The summed E-state index contributed by atoms with van der Waals surface area (Å²) >= 11 is 0. The lowest BCUT2D eigenvalue weighted by molar-refractivity contribution is -0.137. The lowest BCUT2D eigenvalue weighted by Crippen LogP contribution is -2.17. The number of benzene rings is 1. The van der Waals surface area contributed by atoms with Gasteiger partial charge in [0.2, 0.25) is 0 Å². The first-order valence-electron chi connectivity index (χ1n) is 8.90. The molecule has 0 radical (unpaired) electrons. The van der Waals surface area contributed by atoms with Crippen LogP contribution in [0.5, 0.6) is 11.6 Å². The fourth-order valence-corrected chi connectivity index (χ4v) is 3.11. The summed E-state index contributed by atoms with van der Waals surface area (Å²) in [4.78, 5) is 13.1. The molecular formula is C19H18F3N5O2. The number of nitrogen functional groups attached to an aromatic ring is 1. The van der Waals surface area contributed by atoms with Crippen LogP contribution < -0.4 is 20.5 Å². The minimum absolute atomic E-state index is 0.0356. The highest BCUT2D eigenvalue weighted by atomic mass is 19.4. The minimum Gasteiger partial charge on any atom is -0.484 e. The highest BCUT2D eigenvalue weighted by molar-refractivity contribution is 5.88. The van der Waals surface area contributed by atoms with Crippen LogP contribution in [0.4, 0.5) is 24.7 Å². The standard InChI is InChI=1S/C19H18F3N5O2/c1-9(11-5-12(19(20,21)22)7-13(23)6-11)24-16-14-8-15-18(29-4-3-28-15)27-17(14)26-10(2)25-16/h5-9H,3-4,23H2,1-2H3,(H,24,25,26,27)/t9-/m1/s1. The predicted octanol–water partition coefficient (Wildman–Crippen LogP) is 3.88. The number of anilines is 2. The lowest BCUT2D eigenvalue weighted by Gasteiger charge is -2.20. The molecule has 2 aromatic heterocycles. The first kappa shape index (κ1) is 19.0. The zero-order valence-electron chi connectivity index (χ0n) is 15.7. The molecule has 0 saturated heterocycles. The van der Waals surface area contributed by atoms with E-state index in [9.17, 15) is 13.2 Å². The van der Waals surface area contributed by atoms with Crippen molar-refractivity contribution < 1.29 is 22.6 Å². The van der Waals surface area contributed by atoms with Gasteiger partial charge in [-0.1, -0.05) is 0 Å². The third kappa shape index (κ3) is 3.82. The van der Waals surface area contributed by atoms with Crippen LogP contribution in [-0.4, -0.2) is 28.2 Å². The van der Waals surface area contributed by atoms with Gasteiger partial charge < -0.3 is 20.5 Å². The summed E-state index contributed by atoms with van der Waals surface area (Å²) in [6.07, 6.45) is -4.48. The van der Waals surface area contributed by atoms with E-state index >= 15 is 0 Å². The van der Waals surface area contributed by atoms with Gasteiger partial charge in [-0.05, 0) is 37.6 Å². The number of nitrogens with one attached hydrogen (secondary N) is 1. The van der Waals surface area contributed by atoms with E-state index < -0.39 is 17.8 Å². The molecule has 1 aromatic carbocycles. The van der Waals surface area contributed by atoms with Gasteiger partial charge in [0, 0.05) is 11.8 Å². The van der Waals surface area contributed by atoms with E-state index in [0.717, 1.165) is 12.1 Å². The van der Waals surface area contributed by atoms with Crippen molar-refractivity contribution in [2.45, 2.75) is 26.1 Å². The molecule has 0 aliphatic carbocycles. The Morgan fingerprint density at radius 2 is 1.83 bits per heavy atom. The largest absolute Gasteiger partial charge is 0.484 e. The number of aryl methyl sites for hydroxylation is 1. The third-order valence-corrected chi connectivity index (χ3v) is 4.47. The van der Waals surface area contributed by atoms with Gasteiger partial charge in [0.05, 0.1) is 17.0 Å². The highest BCUT2D eigenvalue weighted by Crippen LogP contribution is 2.36. The number of rotatable bonds is 3. The van der Waals surface area contributed by atoms with E-state index in [1.807, 2.05) is 0 Å². The number of ether oxygens (including phenoxy) is 2. The molecule has 1 aliphatic heterocycles. The molecule has 0 saturated carbocycles. The van der Waals surface area contributed by atoms with Gasteiger partial charge in [-0.15, -0.1) is 0 Å². The fourth-order valence-electron chi connectivity index (χ4n) is 3.11. The second-order valence-electron chi connectivity index (χ2n) is 6.73. The topological polar surface area (TPSA) is 95.2 Å². The monoisotopic (exact) mass is 405 g/mol. The molecule has 3 aromatic rings. The maximum absolute atomic E-state index is 13.1. The van der Waals surface area contributed by atoms with Gasteiger partial charge in [-0.3, -0.25) is 0 Å². The maximum Gasteiger partial charge on any atom is 0.416 e. The summed E-state index contributed by atoms with van der Waals surface area (Å²) in [6.45, 7) is 4.23. The molecular weight excluding hydrogens is 387 g/mol. The smallest absolute Gasteiger partial charge is 0.416 e. The number of hydrogen-bond donors (Lipinski definition) is 2. The van der Waals surface area contributed by atoms with E-state index in [0.29, 0.717) is 53.1 Å². The number of nitrogens with two attached hydrogens (primary N) is 1. The quantitative estimate of drug-likeness (QED) is 0.639. The molecule has 4 rings (SSSR count). The Labute approximate surface area is 164 Å². The van der Waals surface area contributed by atoms with Gasteiger partial charge >= 0.3 is 6.18 Å². The van der Waals surface area contributed by atoms with Gasteiger partial charge in [0.25, 0.3) is 5.88 Å². The Balaban J connectivity index is 1.73. The van der Waals surface area contributed by atoms with Gasteiger partial charge in [-0.2, -0.15) is 18.2 Å². The molecule has 10 heteroatoms. The van der Waals surface area contributed by atoms with E-state index in [-0.39, 0.29) is 5.69 Å². The molecule has 0 unspecified atom stereocenters. The summed E-state index contributed by atoms with van der Waals surface area (Å²) in [5.41, 5.74) is 5.70. The van der Waals surface area contributed by atoms with Crippen molar-refractivity contribution in [3.05, 3.63) is 41.2 Å². The van der Waals surface area contributed by atoms with Crippen LogP contribution in [0, 0.1) is 6.92 Å². The van der Waals surface area contributed by atoms with Crippen molar-refractivity contribution in [2.75, 3.05) is 24.3 Å². The van der Waals surface area contributed by atoms with Crippen LogP contribution in [0.1, 0.15) is 29.9 Å². The first-order chi connectivity index (χ1) is 13.7. The van der Waals surface area contributed by atoms with Gasteiger partial charge in [0.15, 0.2) is 11.4 Å². The van der Waals surface area contributed by atoms with Crippen LogP contribution in [0.15, 0.2) is 24.3 Å². The first-order valence-corrected chi connectivity index (χ1v) is 8.90. The Kier molecular flexibility index (Phi) is 4.56. The van der Waals surface area contributed by atoms with Crippen molar-refractivity contribution in [1.82, 2.24) is 15.0 Å². The van der Waals surface area contributed by atoms with E-state index in [1.54, 1.807) is 19.9 Å². The Hall–Kier alpha value is -3.30. The van der Waals surface area contributed by atoms with Crippen molar-refractivity contribution in [3.8, 4) is 11.6 Å². The number of hydrogen-bond acceptors (Lipinski definition) is 7. The molecule has 0 spiro atoms. The number of nitrogens with zero attached hydrogens (tertiary/aromatic N) is 3. The maximum atomic E-state index is 13.1. The summed E-state index contributed by atoms with van der Waals surface area (Å²) < 4.78 is 50.4. The van der Waals surface area contributed by atoms with Crippen molar-refractivity contribution in [3.63, 3.8) is 0 Å². The summed E-state index contributed by atoms with van der Waals surface area (Å²) in [7, 11) is 0. The normalized spacial score (nSPS) is 14.7. The summed E-state index contributed by atoms with van der Waals surface area (Å²) in [6, 6.07) is 4.69. The van der Waals surface area contributed by atoms with E-state index in [1.165, 1.54) is 6.07 Å². The lowest BCUT2D eigenvalue weighted by atomic mass is 10.0. The number of pyridine rings is 1. The third-order valence-electron chi connectivity index (χ3n) is 4.47. The summed E-state index contributed by atoms with van der Waals surface area (Å²) in [5.74, 6) is 1.71. The molecule has 0 amide bonds. The van der Waals surface area contributed by atoms with Crippen LogP contribution in [0.2, 0.25) is 0 Å². The molecule has 1 atom stereocenters. The number of alkyl halides is 3. The molecule has 1 aliphatic rings. The van der Waals surface area contributed by atoms with Crippen LogP contribution in [-0.2, 0) is 6.18 Å². The van der Waals surface area contributed by atoms with Gasteiger partial charge in [0.1, 0.15) is 24.9 Å². The number of aromatic nitrogens is 3. The molecule has 29 heavy (non-hydrogen) atoms. The molecule has 7 nitrogen and oxygen atoms in total. The van der Waals surface area contributed by atoms with Crippen LogP contribution in [0.3, 0.4) is 0 Å². The second-order valence-corrected chi connectivity index (χ2v) is 6.73. The van der Waals surface area contributed by atoms with E-state index in [4.69, 9.17) is 15.2 Å². The zero-order chi connectivity index (χ0) is 20.8.